The molecule has 0 atom stereocenters. The molecule has 6 heteroatoms. The summed E-state index contributed by atoms with van der Waals surface area (Å²) < 4.78 is 32.6. The number of hydrogen-bond acceptors (Lipinski definition) is 5. The fourth-order valence-corrected chi connectivity index (χ4v) is 7.88. The number of aryl methyl sites for hydroxylation is 2. The third-order valence-electron chi connectivity index (χ3n) is 8.22. The summed E-state index contributed by atoms with van der Waals surface area (Å²) in [5.74, 6) is 2.33. The van der Waals surface area contributed by atoms with Crippen LogP contribution in [0.15, 0.2) is 115 Å². The summed E-state index contributed by atoms with van der Waals surface area (Å²) in [5.41, 5.74) is 6.21. The van der Waals surface area contributed by atoms with E-state index in [0.717, 1.165) is 61.2 Å². The molecule has 5 nitrogen and oxygen atoms in total. The van der Waals surface area contributed by atoms with Gasteiger partial charge in [-0.3, -0.25) is 0 Å². The van der Waals surface area contributed by atoms with Crippen LogP contribution in [-0.4, -0.2) is 13.6 Å². The van der Waals surface area contributed by atoms with Crippen molar-refractivity contribution in [3.8, 4) is 17.2 Å². The van der Waals surface area contributed by atoms with Gasteiger partial charge in [0.05, 0.1) is 23.8 Å². The highest BCUT2D eigenvalue weighted by Gasteiger charge is 2.33. The lowest BCUT2D eigenvalue weighted by Gasteiger charge is -2.31. The lowest BCUT2D eigenvalue weighted by atomic mass is 9.85. The second-order valence-corrected chi connectivity index (χ2v) is 16.4. The Balaban J connectivity index is 1.62. The van der Waals surface area contributed by atoms with Crippen LogP contribution in [0.25, 0.3) is 0 Å². The van der Waals surface area contributed by atoms with E-state index < -0.39 is 8.15 Å². The number of rotatable bonds is 14. The van der Waals surface area contributed by atoms with E-state index in [1.54, 1.807) is 0 Å². The Labute approximate surface area is 300 Å². The summed E-state index contributed by atoms with van der Waals surface area (Å²) in [5, 5.41) is 1.94. The van der Waals surface area contributed by atoms with Crippen molar-refractivity contribution in [2.24, 2.45) is 0 Å². The molecule has 0 unspecified atom stereocenters. The molecule has 0 bridgehead atoms. The van der Waals surface area contributed by atoms with Crippen molar-refractivity contribution in [2.45, 2.75) is 79.4 Å². The molecule has 5 aromatic carbocycles. The largest absolute Gasteiger partial charge is 0.466 e. The molecule has 0 radical (unpaired) electrons. The van der Waals surface area contributed by atoms with Crippen LogP contribution >= 0.6 is 8.15 Å². The summed E-state index contributed by atoms with van der Waals surface area (Å²) in [4.78, 5) is 0. The van der Waals surface area contributed by atoms with E-state index in [9.17, 15) is 0 Å². The minimum absolute atomic E-state index is 0.0975. The molecule has 0 aliphatic heterocycles. The first-order valence-corrected chi connectivity index (χ1v) is 18.5. The minimum Gasteiger partial charge on any atom is -0.466 e. The maximum Gasteiger partial charge on any atom is 0.189 e. The Morgan fingerprint density at radius 3 is 1.26 bits per heavy atom. The Bertz CT molecular complexity index is 1690. The Kier molecular flexibility index (Phi) is 12.4. The third-order valence-corrected chi connectivity index (χ3v) is 10.2. The van der Waals surface area contributed by atoms with Gasteiger partial charge in [0.2, 0.25) is 0 Å². The monoisotopic (exact) mass is 690 g/mol. The zero-order chi connectivity index (χ0) is 35.7. The molecule has 0 amide bonds. The van der Waals surface area contributed by atoms with Gasteiger partial charge in [0, 0.05) is 11.1 Å². The lowest BCUT2D eigenvalue weighted by molar-refractivity contribution is 0.00470. The van der Waals surface area contributed by atoms with Gasteiger partial charge in [0.25, 0.3) is 0 Å². The topological polar surface area (TPSA) is 46.2 Å². The highest BCUT2D eigenvalue weighted by atomic mass is 31.1. The predicted octanol–water partition coefficient (Wildman–Crippen LogP) is 10.4. The molecule has 262 valence electrons. The standard InChI is InChI=1S/C44H51O5P/c1-32-24-37(43(3,4)5)41(47-30-45-28-34-18-12-9-13-19-34)39(26-32)50(49-36-22-16-11-17-23-36)40-27-33(2)25-38(44(6,7)8)42(40)48-31-46-29-35-20-14-10-15-21-35/h9-27H,28-31H2,1-8H3. The molecule has 0 aliphatic carbocycles. The summed E-state index contributed by atoms with van der Waals surface area (Å²) in [6.45, 7) is 18.7. The third kappa shape index (κ3) is 9.97. The van der Waals surface area contributed by atoms with Crippen LogP contribution in [0.1, 0.15) is 74.9 Å². The quantitative estimate of drug-likeness (QED) is 0.0659. The van der Waals surface area contributed by atoms with Gasteiger partial charge in [-0.05, 0) is 71.2 Å². The van der Waals surface area contributed by atoms with E-state index in [4.69, 9.17) is 23.5 Å². The molecular weight excluding hydrogens is 639 g/mol. The smallest absolute Gasteiger partial charge is 0.189 e. The van der Waals surface area contributed by atoms with Crippen LogP contribution in [0.5, 0.6) is 17.2 Å². The van der Waals surface area contributed by atoms with E-state index in [2.05, 4.69) is 104 Å². The Hall–Kier alpha value is -4.15. The van der Waals surface area contributed by atoms with E-state index in [1.165, 1.54) is 0 Å². The van der Waals surface area contributed by atoms with Gasteiger partial charge < -0.3 is 23.5 Å². The molecule has 0 aromatic heterocycles. The van der Waals surface area contributed by atoms with Crippen molar-refractivity contribution >= 4 is 18.8 Å². The zero-order valence-corrected chi connectivity index (χ0v) is 31.7. The highest BCUT2D eigenvalue weighted by Crippen LogP contribution is 2.47. The number of ether oxygens (including phenoxy) is 4. The van der Waals surface area contributed by atoms with Crippen LogP contribution in [0.2, 0.25) is 0 Å². The van der Waals surface area contributed by atoms with E-state index in [1.807, 2.05) is 66.7 Å². The molecule has 0 saturated carbocycles. The minimum atomic E-state index is -1.52. The van der Waals surface area contributed by atoms with Gasteiger partial charge in [0.1, 0.15) is 17.2 Å². The van der Waals surface area contributed by atoms with E-state index in [-0.39, 0.29) is 24.4 Å². The van der Waals surface area contributed by atoms with Crippen molar-refractivity contribution in [3.05, 3.63) is 149 Å². The zero-order valence-electron chi connectivity index (χ0n) is 30.8. The van der Waals surface area contributed by atoms with E-state index in [0.29, 0.717) is 13.2 Å². The molecule has 0 N–H and O–H groups in total. The Morgan fingerprint density at radius 1 is 0.500 bits per heavy atom. The van der Waals surface area contributed by atoms with Gasteiger partial charge in [-0.25, -0.2) is 0 Å². The highest BCUT2D eigenvalue weighted by molar-refractivity contribution is 7.69. The number of para-hydroxylation sites is 1. The molecule has 5 rings (SSSR count). The van der Waals surface area contributed by atoms with Crippen LogP contribution < -0.4 is 24.6 Å². The molecule has 5 aromatic rings. The van der Waals surface area contributed by atoms with Crippen molar-refractivity contribution in [3.63, 3.8) is 0 Å². The molecule has 0 saturated heterocycles. The van der Waals surface area contributed by atoms with Gasteiger partial charge in [-0.15, -0.1) is 0 Å². The SMILES string of the molecule is Cc1cc(P(Oc2ccccc2)c2cc(C)cc(C(C)(C)C)c2OCOCc2ccccc2)c(OCOCc2ccccc2)c(C(C)(C)C)c1. The lowest BCUT2D eigenvalue weighted by Crippen LogP contribution is -2.27. The first-order chi connectivity index (χ1) is 23.9. The van der Waals surface area contributed by atoms with Crippen LogP contribution in [0, 0.1) is 13.8 Å². The first-order valence-electron chi connectivity index (χ1n) is 17.2. The van der Waals surface area contributed by atoms with Gasteiger partial charge in [-0.2, -0.15) is 0 Å². The second kappa shape index (κ2) is 16.7. The molecule has 0 aliphatic rings. The van der Waals surface area contributed by atoms with E-state index >= 15 is 0 Å². The van der Waals surface area contributed by atoms with Crippen LogP contribution in [-0.2, 0) is 33.5 Å². The van der Waals surface area contributed by atoms with Crippen molar-refractivity contribution < 1.29 is 23.5 Å². The molecule has 50 heavy (non-hydrogen) atoms. The van der Waals surface area contributed by atoms with Gasteiger partial charge in [0.15, 0.2) is 21.7 Å². The second-order valence-electron chi connectivity index (χ2n) is 14.7. The van der Waals surface area contributed by atoms with Crippen molar-refractivity contribution in [2.75, 3.05) is 13.6 Å². The average Bonchev–Trinajstić information content (AvgIpc) is 3.08. The number of benzene rings is 5. The van der Waals surface area contributed by atoms with Crippen LogP contribution in [0.3, 0.4) is 0 Å². The fourth-order valence-electron chi connectivity index (χ4n) is 5.71. The molecule has 0 heterocycles. The van der Waals surface area contributed by atoms with Crippen LogP contribution in [0.4, 0.5) is 0 Å². The fraction of sp³-hybridized carbons (Fsp3) is 0.318. The summed E-state index contributed by atoms with van der Waals surface area (Å²) in [7, 11) is -1.52. The molecular formula is C44H51O5P. The maximum atomic E-state index is 7.09. The van der Waals surface area contributed by atoms with Gasteiger partial charge >= 0.3 is 0 Å². The van der Waals surface area contributed by atoms with Gasteiger partial charge in [-0.1, -0.05) is 133 Å². The average molecular weight is 691 g/mol. The predicted molar refractivity (Wildman–Crippen MR) is 206 cm³/mol. The van der Waals surface area contributed by atoms with Crippen molar-refractivity contribution in [1.29, 1.82) is 0 Å². The number of hydrogen-bond donors (Lipinski definition) is 0. The summed E-state index contributed by atoms with van der Waals surface area (Å²) >= 11 is 0. The normalized spacial score (nSPS) is 11.9. The molecule has 0 spiro atoms. The molecule has 0 fully saturated rings. The Morgan fingerprint density at radius 2 is 0.880 bits per heavy atom. The maximum absolute atomic E-state index is 7.09. The van der Waals surface area contributed by atoms with Crippen molar-refractivity contribution in [1.82, 2.24) is 0 Å². The first kappa shape index (κ1) is 37.1. The summed E-state index contributed by atoms with van der Waals surface area (Å²) in [6, 6.07) is 39.2. The summed E-state index contributed by atoms with van der Waals surface area (Å²) in [6.07, 6.45) is 0.